The molecule has 0 aliphatic heterocycles. The van der Waals surface area contributed by atoms with Gasteiger partial charge in [0.15, 0.2) is 0 Å². The number of pyridine rings is 6. The number of rotatable bonds is 3. The van der Waals surface area contributed by atoms with Crippen molar-refractivity contribution in [2.45, 2.75) is 57.8 Å². The Morgan fingerprint density at radius 1 is 0.246 bits per heavy atom. The van der Waals surface area contributed by atoms with Crippen molar-refractivity contribution < 1.29 is 0 Å². The maximum absolute atomic E-state index is 4.52. The average Bonchev–Trinajstić information content (AvgIpc) is 3.32. The van der Waals surface area contributed by atoms with E-state index in [9.17, 15) is 0 Å². The van der Waals surface area contributed by atoms with Crippen LogP contribution >= 0.6 is 0 Å². The summed E-state index contributed by atoms with van der Waals surface area (Å²) in [7, 11) is 0. The summed E-state index contributed by atoms with van der Waals surface area (Å²) in [6.07, 6.45) is 19.9. The molecule has 6 bridgehead atoms. The van der Waals surface area contributed by atoms with Crippen molar-refractivity contribution in [3.63, 3.8) is 0 Å². The Morgan fingerprint density at radius 3 is 0.739 bits per heavy atom. The van der Waals surface area contributed by atoms with Crippen LogP contribution in [0.4, 0.5) is 0 Å². The van der Waals surface area contributed by atoms with Crippen molar-refractivity contribution in [3.05, 3.63) is 180 Å². The van der Waals surface area contributed by atoms with Gasteiger partial charge in [0.1, 0.15) is 0 Å². The van der Waals surface area contributed by atoms with Crippen LogP contribution in [0.5, 0.6) is 0 Å². The third kappa shape index (κ3) is 7.73. The minimum absolute atomic E-state index is 0.0223. The quantitative estimate of drug-likeness (QED) is 0.165. The highest BCUT2D eigenvalue weighted by molar-refractivity contribution is 5.61. The summed E-state index contributed by atoms with van der Waals surface area (Å²) in [6.45, 7) is 0. The number of benzene rings is 1. The summed E-state index contributed by atoms with van der Waals surface area (Å²) in [5, 5.41) is 0. The molecule has 6 heterocycles. The van der Waals surface area contributed by atoms with Gasteiger partial charge >= 0.3 is 0 Å². The van der Waals surface area contributed by atoms with Gasteiger partial charge in [-0.05, 0) is 149 Å². The van der Waals surface area contributed by atoms with Gasteiger partial charge in [-0.25, -0.2) is 0 Å². The Balaban J connectivity index is 0.711. The smallest absolute Gasteiger partial charge is 0.0898 e. The normalized spacial score (nSPS) is 27.1. The molecule has 9 aliphatic carbocycles. The van der Waals surface area contributed by atoms with Crippen molar-refractivity contribution in [1.82, 2.24) is 29.9 Å². The first kappa shape index (κ1) is 40.7. The molecule has 9 saturated carbocycles. The van der Waals surface area contributed by atoms with Gasteiger partial charge in [-0.2, -0.15) is 0 Å². The molecule has 69 heavy (non-hydrogen) atoms. The highest BCUT2D eigenvalue weighted by Gasteiger charge is 2.68. The highest BCUT2D eigenvalue weighted by Crippen LogP contribution is 2.74. The first-order chi connectivity index (χ1) is 33.7. The van der Waals surface area contributed by atoms with Crippen molar-refractivity contribution in [2.24, 2.45) is 32.5 Å². The lowest BCUT2D eigenvalue weighted by atomic mass is 9.36. The first-order valence-electron chi connectivity index (χ1n) is 23.7. The molecule has 0 saturated heterocycles. The summed E-state index contributed by atoms with van der Waals surface area (Å²) in [5.74, 6) is 43.1. The van der Waals surface area contributed by atoms with Crippen LogP contribution in [-0.4, -0.2) is 29.9 Å². The fraction of sp³-hybridized carbons (Fsp3) is 0.238. The molecule has 0 spiro atoms. The maximum Gasteiger partial charge on any atom is 0.0898 e. The summed E-state index contributed by atoms with van der Waals surface area (Å²) < 4.78 is 0. The molecule has 0 atom stereocenters. The van der Waals surface area contributed by atoms with Crippen LogP contribution in [0.25, 0.3) is 34.2 Å². The van der Waals surface area contributed by atoms with E-state index in [2.05, 4.69) is 119 Å². The fourth-order valence-corrected chi connectivity index (χ4v) is 11.7. The Bertz CT molecular complexity index is 3210. The van der Waals surface area contributed by atoms with Crippen molar-refractivity contribution in [2.75, 3.05) is 0 Å². The summed E-state index contributed by atoms with van der Waals surface area (Å²) >= 11 is 0. The second kappa shape index (κ2) is 15.5. The molecular weight excluding hydrogens is 841 g/mol. The van der Waals surface area contributed by atoms with Crippen LogP contribution in [-0.2, 0) is 0 Å². The third-order valence-electron chi connectivity index (χ3n) is 14.9. The van der Waals surface area contributed by atoms with Crippen molar-refractivity contribution in [3.8, 4) is 105 Å². The van der Waals surface area contributed by atoms with Gasteiger partial charge in [-0.1, -0.05) is 89.2 Å². The SMILES string of the molecule is C(#CC12CC(C#Cc3ccnc(-c4ccccn4)c3)(C1)C2)c1cc(C#CC23CC(C#Cc4ccnc(-c5ccccn5)c4)(C2)C3)cc(C#CC23CC(C#Cc4ccnc(-c5ccccn5)c4)(C2)C3)c1. The minimum Gasteiger partial charge on any atom is -0.255 e. The molecule has 0 unspecified atom stereocenters. The van der Waals surface area contributed by atoms with E-state index < -0.39 is 0 Å². The Morgan fingerprint density at radius 2 is 0.493 bits per heavy atom. The molecule has 1 aromatic carbocycles. The van der Waals surface area contributed by atoms with Crippen LogP contribution in [0.15, 0.2) is 146 Å². The zero-order valence-corrected chi connectivity index (χ0v) is 37.9. The fourth-order valence-electron chi connectivity index (χ4n) is 11.7. The topological polar surface area (TPSA) is 77.3 Å². The van der Waals surface area contributed by atoms with Crippen LogP contribution in [0.3, 0.4) is 0 Å². The maximum atomic E-state index is 4.52. The van der Waals surface area contributed by atoms with Crippen LogP contribution in [0.2, 0.25) is 0 Å². The molecule has 9 fully saturated rings. The van der Waals surface area contributed by atoms with Crippen LogP contribution in [0, 0.1) is 104 Å². The van der Waals surface area contributed by atoms with Crippen LogP contribution in [0.1, 0.15) is 91.2 Å². The molecule has 0 amide bonds. The lowest BCUT2D eigenvalue weighted by Gasteiger charge is -2.65. The van der Waals surface area contributed by atoms with Crippen LogP contribution < -0.4 is 0 Å². The van der Waals surface area contributed by atoms with E-state index in [0.29, 0.717) is 0 Å². The number of aromatic nitrogens is 6. The van der Waals surface area contributed by atoms with E-state index in [0.717, 1.165) is 125 Å². The van der Waals surface area contributed by atoms with Gasteiger partial charge in [0, 0.05) is 103 Å². The number of hydrogen-bond donors (Lipinski definition) is 0. The van der Waals surface area contributed by atoms with E-state index in [1.807, 2.05) is 110 Å². The van der Waals surface area contributed by atoms with E-state index in [-0.39, 0.29) is 32.5 Å². The summed E-state index contributed by atoms with van der Waals surface area (Å²) in [5.41, 5.74) is 11.1. The minimum atomic E-state index is 0.0223. The van der Waals surface area contributed by atoms with E-state index >= 15 is 0 Å². The summed E-state index contributed by atoms with van der Waals surface area (Å²) in [4.78, 5) is 26.9. The predicted molar refractivity (Wildman–Crippen MR) is 266 cm³/mol. The molecular formula is C63H42N6. The number of hydrogen-bond acceptors (Lipinski definition) is 6. The van der Waals surface area contributed by atoms with Gasteiger partial charge in [-0.15, -0.1) is 0 Å². The molecule has 324 valence electrons. The van der Waals surface area contributed by atoms with Gasteiger partial charge in [0.25, 0.3) is 0 Å². The average molecular weight is 883 g/mol. The molecule has 7 aromatic rings. The third-order valence-corrected chi connectivity index (χ3v) is 14.9. The van der Waals surface area contributed by atoms with E-state index in [1.54, 1.807) is 18.6 Å². The second-order valence-corrected chi connectivity index (χ2v) is 20.5. The lowest BCUT2D eigenvalue weighted by Crippen LogP contribution is -2.60. The van der Waals surface area contributed by atoms with Gasteiger partial charge in [0.2, 0.25) is 0 Å². The molecule has 0 radical (unpaired) electrons. The Kier molecular flexibility index (Phi) is 9.16. The zero-order chi connectivity index (χ0) is 46.0. The largest absolute Gasteiger partial charge is 0.255 e. The van der Waals surface area contributed by atoms with Gasteiger partial charge < -0.3 is 0 Å². The molecule has 9 aliphatic rings. The predicted octanol–water partition coefficient (Wildman–Crippen LogP) is 10.8. The van der Waals surface area contributed by atoms with Gasteiger partial charge in [0.05, 0.1) is 34.2 Å². The number of nitrogens with zero attached hydrogens (tertiary/aromatic N) is 6. The highest BCUT2D eigenvalue weighted by atomic mass is 14.8. The molecule has 6 nitrogen and oxygen atoms in total. The van der Waals surface area contributed by atoms with E-state index in [4.69, 9.17) is 0 Å². The zero-order valence-electron chi connectivity index (χ0n) is 37.9. The monoisotopic (exact) mass is 882 g/mol. The van der Waals surface area contributed by atoms with Gasteiger partial charge in [-0.3, -0.25) is 29.9 Å². The Labute approximate surface area is 403 Å². The Hall–Kier alpha value is -8.52. The van der Waals surface area contributed by atoms with Crippen molar-refractivity contribution in [1.29, 1.82) is 0 Å². The molecule has 16 rings (SSSR count). The van der Waals surface area contributed by atoms with Crippen molar-refractivity contribution >= 4 is 0 Å². The molecule has 6 aromatic heterocycles. The second-order valence-electron chi connectivity index (χ2n) is 20.5. The lowest BCUT2D eigenvalue weighted by molar-refractivity contribution is -0.113. The first-order valence-corrected chi connectivity index (χ1v) is 23.7. The molecule has 0 N–H and O–H groups in total. The van der Waals surface area contributed by atoms with E-state index in [1.165, 1.54) is 0 Å². The summed E-state index contributed by atoms with van der Waals surface area (Å²) in [6, 6.07) is 36.1. The standard InChI is InChI=1S/C63H42N6/c1-4-25-64-52(7-1)55-34-46(16-28-67-55)10-19-58-37-61(38-58,39-58)22-13-49-31-50(14-23-62-40-59(41-62,42-62)20-11-47-17-29-68-56(35-47)53-8-2-5-26-65-53)33-51(32-49)15-24-63-43-60(44-63,45-63)21-12-48-18-30-69-57(36-48)54-9-3-6-27-66-54/h1-9,16-18,25-36H,37-45H2. The molecule has 6 heteroatoms.